The minimum absolute atomic E-state index is 0.0299. The number of amides is 2. The van der Waals surface area contributed by atoms with Crippen LogP contribution in [0.15, 0.2) is 18.2 Å². The van der Waals surface area contributed by atoms with Gasteiger partial charge in [-0.05, 0) is 51.2 Å². The molecule has 3 fully saturated rings. The van der Waals surface area contributed by atoms with Gasteiger partial charge < -0.3 is 20.5 Å². The van der Waals surface area contributed by atoms with Gasteiger partial charge in [-0.3, -0.25) is 14.3 Å². The molecular formula is C21H25ClFN5O4. The van der Waals surface area contributed by atoms with Crippen LogP contribution in [0.3, 0.4) is 0 Å². The van der Waals surface area contributed by atoms with E-state index in [-0.39, 0.29) is 29.1 Å². The third kappa shape index (κ3) is 4.29. The highest BCUT2D eigenvalue weighted by Crippen LogP contribution is 2.47. The smallest absolute Gasteiger partial charge is 0.291 e. The summed E-state index contributed by atoms with van der Waals surface area (Å²) in [4.78, 5) is 29.3. The van der Waals surface area contributed by atoms with Crippen molar-refractivity contribution in [3.05, 3.63) is 40.7 Å². The number of hydrogen-bond acceptors (Lipinski definition) is 6. The van der Waals surface area contributed by atoms with Gasteiger partial charge in [-0.1, -0.05) is 11.6 Å². The van der Waals surface area contributed by atoms with Crippen LogP contribution in [0.25, 0.3) is 0 Å². The summed E-state index contributed by atoms with van der Waals surface area (Å²) in [6.07, 6.45) is 1.69. The highest BCUT2D eigenvalue weighted by Gasteiger charge is 2.55. The molecule has 1 heterocycles. The minimum Gasteiger partial charge on any atom is -0.484 e. The monoisotopic (exact) mass is 465 g/mol. The summed E-state index contributed by atoms with van der Waals surface area (Å²) in [6, 6.07) is 3.94. The molecule has 1 aromatic carbocycles. The Morgan fingerprint density at radius 3 is 2.62 bits per heavy atom. The zero-order chi connectivity index (χ0) is 23.1. The van der Waals surface area contributed by atoms with Gasteiger partial charge in [-0.2, -0.15) is 0 Å². The maximum absolute atomic E-state index is 13.5. The van der Waals surface area contributed by atoms with E-state index < -0.39 is 28.9 Å². The fourth-order valence-corrected chi connectivity index (χ4v) is 4.66. The van der Waals surface area contributed by atoms with Crippen LogP contribution >= 0.6 is 11.6 Å². The zero-order valence-electron chi connectivity index (χ0n) is 17.8. The lowest BCUT2D eigenvalue weighted by Crippen LogP contribution is -2.70. The molecular weight excluding hydrogens is 441 g/mol. The number of carbonyl (C=O) groups is 2. The second kappa shape index (κ2) is 8.32. The van der Waals surface area contributed by atoms with Crippen molar-refractivity contribution in [2.45, 2.75) is 56.2 Å². The molecule has 5 rings (SSSR count). The third-order valence-corrected chi connectivity index (χ3v) is 6.84. The summed E-state index contributed by atoms with van der Waals surface area (Å²) in [7, 11) is 1.71. The van der Waals surface area contributed by atoms with Crippen molar-refractivity contribution in [1.82, 2.24) is 25.4 Å². The Morgan fingerprint density at radius 2 is 2.03 bits per heavy atom. The molecule has 0 aliphatic heterocycles. The number of nitrogens with zero attached hydrogens (tertiary/aromatic N) is 3. The van der Waals surface area contributed by atoms with Gasteiger partial charge in [-0.15, -0.1) is 5.10 Å². The van der Waals surface area contributed by atoms with Crippen LogP contribution in [0.2, 0.25) is 5.02 Å². The fraction of sp³-hybridized carbons (Fsp3) is 0.524. The van der Waals surface area contributed by atoms with Gasteiger partial charge in [0.25, 0.3) is 11.8 Å². The summed E-state index contributed by atoms with van der Waals surface area (Å²) in [6.45, 7) is 1.44. The molecule has 2 aromatic rings. The Hall–Kier alpha value is -2.72. The lowest BCUT2D eigenvalue weighted by Gasteiger charge is -2.56. The van der Waals surface area contributed by atoms with E-state index in [0.717, 1.165) is 6.07 Å². The summed E-state index contributed by atoms with van der Waals surface area (Å²) in [5.41, 5.74) is -1.34. The van der Waals surface area contributed by atoms with Gasteiger partial charge in [0.15, 0.2) is 6.61 Å². The lowest BCUT2D eigenvalue weighted by molar-refractivity contribution is -0.132. The Labute approximate surface area is 189 Å². The van der Waals surface area contributed by atoms with Gasteiger partial charge in [0, 0.05) is 18.7 Å². The Bertz CT molecular complexity index is 1030. The molecule has 1 atom stereocenters. The van der Waals surface area contributed by atoms with Crippen molar-refractivity contribution >= 4 is 23.4 Å². The summed E-state index contributed by atoms with van der Waals surface area (Å²) in [5.74, 6) is -0.500. The SMILES string of the molecule is Cc1nc(C(=O)NC23CCC(NC(=O)COc4ccc(Cl)c(F)c4)(CC2)C(O)C3)nn1C. The van der Waals surface area contributed by atoms with E-state index in [9.17, 15) is 19.1 Å². The molecule has 3 N–H and O–H groups in total. The van der Waals surface area contributed by atoms with Crippen molar-refractivity contribution in [2.24, 2.45) is 7.05 Å². The second-order valence-electron chi connectivity index (χ2n) is 8.63. The first-order valence-corrected chi connectivity index (χ1v) is 10.8. The number of nitrogens with one attached hydrogen (secondary N) is 2. The van der Waals surface area contributed by atoms with Crippen LogP contribution in [0, 0.1) is 12.7 Å². The van der Waals surface area contributed by atoms with Crippen molar-refractivity contribution in [2.75, 3.05) is 6.61 Å². The highest BCUT2D eigenvalue weighted by atomic mass is 35.5. The van der Waals surface area contributed by atoms with Crippen LogP contribution in [0.1, 0.15) is 48.5 Å². The predicted molar refractivity (Wildman–Crippen MR) is 113 cm³/mol. The highest BCUT2D eigenvalue weighted by molar-refractivity contribution is 6.30. The predicted octanol–water partition coefficient (Wildman–Crippen LogP) is 1.66. The number of aryl methyl sites for hydroxylation is 2. The van der Waals surface area contributed by atoms with Crippen LogP contribution in [0.4, 0.5) is 4.39 Å². The van der Waals surface area contributed by atoms with E-state index in [0.29, 0.717) is 37.9 Å². The normalized spacial score (nSPS) is 26.6. The number of fused-ring (bicyclic) bond motifs is 3. The molecule has 9 nitrogen and oxygen atoms in total. The minimum atomic E-state index is -0.833. The van der Waals surface area contributed by atoms with E-state index in [4.69, 9.17) is 16.3 Å². The molecule has 2 bridgehead atoms. The average molecular weight is 466 g/mol. The Kier molecular flexibility index (Phi) is 5.85. The van der Waals surface area contributed by atoms with Crippen molar-refractivity contribution in [3.8, 4) is 5.75 Å². The van der Waals surface area contributed by atoms with Gasteiger partial charge >= 0.3 is 0 Å². The Morgan fingerprint density at radius 1 is 1.31 bits per heavy atom. The number of ether oxygens (including phenoxy) is 1. The largest absolute Gasteiger partial charge is 0.484 e. The summed E-state index contributed by atoms with van der Waals surface area (Å²) in [5, 5.41) is 20.8. The third-order valence-electron chi connectivity index (χ3n) is 6.53. The first kappa shape index (κ1) is 22.5. The first-order valence-electron chi connectivity index (χ1n) is 10.4. The number of benzene rings is 1. The summed E-state index contributed by atoms with van der Waals surface area (Å²) >= 11 is 5.64. The molecule has 3 aliphatic carbocycles. The van der Waals surface area contributed by atoms with E-state index in [1.54, 1.807) is 14.0 Å². The summed E-state index contributed by atoms with van der Waals surface area (Å²) < 4.78 is 20.4. The molecule has 1 aromatic heterocycles. The Balaban J connectivity index is 1.35. The number of aromatic nitrogens is 3. The van der Waals surface area contributed by atoms with Gasteiger partial charge in [0.1, 0.15) is 17.4 Å². The molecule has 11 heteroatoms. The molecule has 32 heavy (non-hydrogen) atoms. The molecule has 0 saturated heterocycles. The molecule has 3 saturated carbocycles. The molecule has 172 valence electrons. The number of aliphatic hydroxyl groups excluding tert-OH is 1. The van der Waals surface area contributed by atoms with Crippen LogP contribution in [0.5, 0.6) is 5.75 Å². The van der Waals surface area contributed by atoms with Crippen molar-refractivity contribution in [3.63, 3.8) is 0 Å². The topological polar surface area (TPSA) is 118 Å². The molecule has 0 spiro atoms. The van der Waals surface area contributed by atoms with Gasteiger partial charge in [-0.25, -0.2) is 9.37 Å². The number of carbonyl (C=O) groups excluding carboxylic acids is 2. The van der Waals surface area contributed by atoms with Crippen molar-refractivity contribution < 1.29 is 23.8 Å². The quantitative estimate of drug-likeness (QED) is 0.597. The van der Waals surface area contributed by atoms with E-state index in [2.05, 4.69) is 20.7 Å². The number of aliphatic hydroxyl groups is 1. The van der Waals surface area contributed by atoms with Gasteiger partial charge in [0.2, 0.25) is 5.82 Å². The average Bonchev–Trinajstić information content (AvgIpc) is 3.09. The standard InChI is InChI=1S/C21H25ClFN5O4/c1-12-24-18(27-28(12)2)19(31)26-20-5-7-21(8-6-20,16(29)10-20)25-17(30)11-32-13-3-4-14(22)15(23)9-13/h3-4,9,16,29H,5-8,10-11H2,1-2H3,(H,25,30)(H,26,31). The second-order valence-corrected chi connectivity index (χ2v) is 9.04. The number of hydrogen-bond donors (Lipinski definition) is 3. The zero-order valence-corrected chi connectivity index (χ0v) is 18.6. The van der Waals surface area contributed by atoms with Gasteiger partial charge in [0.05, 0.1) is 16.7 Å². The molecule has 0 radical (unpaired) electrons. The molecule has 2 amide bonds. The molecule has 3 aliphatic rings. The molecule has 1 unspecified atom stereocenters. The maximum Gasteiger partial charge on any atom is 0.291 e. The van der Waals surface area contributed by atoms with E-state index in [1.807, 2.05) is 0 Å². The van der Waals surface area contributed by atoms with E-state index >= 15 is 0 Å². The van der Waals surface area contributed by atoms with E-state index in [1.165, 1.54) is 16.8 Å². The van der Waals surface area contributed by atoms with Crippen LogP contribution in [-0.2, 0) is 11.8 Å². The fourth-order valence-electron chi connectivity index (χ4n) is 4.55. The number of rotatable bonds is 6. The van der Waals surface area contributed by atoms with Crippen molar-refractivity contribution in [1.29, 1.82) is 0 Å². The van der Waals surface area contributed by atoms with Crippen LogP contribution in [-0.4, -0.2) is 55.5 Å². The maximum atomic E-state index is 13.5. The van der Waals surface area contributed by atoms with Crippen LogP contribution < -0.4 is 15.4 Å². The lowest BCUT2D eigenvalue weighted by atomic mass is 9.60. The number of halogens is 2. The first-order chi connectivity index (χ1) is 15.1.